The van der Waals surface area contributed by atoms with E-state index < -0.39 is 12.0 Å². The normalized spacial score (nSPS) is 18.3. The smallest absolute Gasteiger partial charge is 0.305 e. The lowest BCUT2D eigenvalue weighted by Crippen LogP contribution is -2.50. The Hall–Kier alpha value is -2.05. The molecule has 1 unspecified atom stereocenters. The summed E-state index contributed by atoms with van der Waals surface area (Å²) < 4.78 is 7.13. The van der Waals surface area contributed by atoms with Gasteiger partial charge in [0.05, 0.1) is 25.7 Å². The Labute approximate surface area is 138 Å². The van der Waals surface area contributed by atoms with E-state index in [9.17, 15) is 9.59 Å². The number of fused-ring (bicyclic) bond motifs is 1. The second kappa shape index (κ2) is 6.60. The third-order valence-corrected chi connectivity index (χ3v) is 4.23. The fourth-order valence-electron chi connectivity index (χ4n) is 2.89. The molecule has 1 N–H and O–H groups in total. The van der Waals surface area contributed by atoms with E-state index in [-0.39, 0.29) is 25.5 Å². The molecule has 2 aromatic rings. The molecular formula is C16H17ClN2O4. The molecule has 1 atom stereocenters. The zero-order valence-corrected chi connectivity index (χ0v) is 13.2. The van der Waals surface area contributed by atoms with Gasteiger partial charge < -0.3 is 19.3 Å². The van der Waals surface area contributed by atoms with Gasteiger partial charge in [0, 0.05) is 23.3 Å². The molecule has 23 heavy (non-hydrogen) atoms. The van der Waals surface area contributed by atoms with Crippen LogP contribution in [0.2, 0.25) is 5.02 Å². The Morgan fingerprint density at radius 2 is 2.17 bits per heavy atom. The molecule has 1 aliphatic heterocycles. The molecule has 122 valence electrons. The van der Waals surface area contributed by atoms with Crippen molar-refractivity contribution in [2.75, 3.05) is 19.8 Å². The summed E-state index contributed by atoms with van der Waals surface area (Å²) in [7, 11) is 0. The Balaban J connectivity index is 1.78. The predicted octanol–water partition coefficient (Wildman–Crippen LogP) is 2.00. The number of carbonyl (C=O) groups is 2. The maximum absolute atomic E-state index is 12.6. The van der Waals surface area contributed by atoms with Crippen LogP contribution < -0.4 is 0 Å². The van der Waals surface area contributed by atoms with Gasteiger partial charge in [0.2, 0.25) is 5.91 Å². The van der Waals surface area contributed by atoms with Crippen molar-refractivity contribution in [3.05, 3.63) is 35.5 Å². The van der Waals surface area contributed by atoms with E-state index in [1.807, 2.05) is 29.0 Å². The lowest BCUT2D eigenvalue weighted by molar-refractivity contribution is -0.146. The van der Waals surface area contributed by atoms with Gasteiger partial charge in [0.1, 0.15) is 6.54 Å². The number of carbonyl (C=O) groups excluding carboxylic acids is 1. The van der Waals surface area contributed by atoms with Crippen LogP contribution in [0.5, 0.6) is 0 Å². The summed E-state index contributed by atoms with van der Waals surface area (Å²) in [6.45, 7) is 1.26. The lowest BCUT2D eigenvalue weighted by atomic mass is 10.1. The number of nitrogens with zero attached hydrogens (tertiary/aromatic N) is 2. The standard InChI is InChI=1S/C16H17ClN2O4/c17-12-2-1-11-3-4-18(14(11)7-12)9-15(20)19-5-6-23-10-13(19)8-16(21)22/h1-4,7,13H,5-6,8-10H2,(H,21,22). The highest BCUT2D eigenvalue weighted by Gasteiger charge is 2.29. The maximum Gasteiger partial charge on any atom is 0.305 e. The topological polar surface area (TPSA) is 71.8 Å². The summed E-state index contributed by atoms with van der Waals surface area (Å²) in [4.78, 5) is 25.2. The minimum atomic E-state index is -0.934. The number of carboxylic acid groups (broad SMARTS) is 1. The Bertz CT molecular complexity index is 743. The van der Waals surface area contributed by atoms with E-state index in [4.69, 9.17) is 21.4 Å². The lowest BCUT2D eigenvalue weighted by Gasteiger charge is -2.35. The third kappa shape index (κ3) is 3.48. The third-order valence-electron chi connectivity index (χ3n) is 4.00. The number of carboxylic acids is 1. The minimum absolute atomic E-state index is 0.107. The molecule has 3 rings (SSSR count). The van der Waals surface area contributed by atoms with Crippen LogP contribution in [-0.4, -0.2) is 52.3 Å². The number of halogens is 1. The molecule has 1 aromatic heterocycles. The summed E-state index contributed by atoms with van der Waals surface area (Å²) >= 11 is 6.02. The van der Waals surface area contributed by atoms with Crippen molar-refractivity contribution in [1.29, 1.82) is 0 Å². The Morgan fingerprint density at radius 3 is 2.96 bits per heavy atom. The van der Waals surface area contributed by atoms with Crippen molar-refractivity contribution >= 4 is 34.4 Å². The SMILES string of the molecule is O=C(O)CC1COCCN1C(=O)Cn1ccc2ccc(Cl)cc21. The van der Waals surface area contributed by atoms with Crippen LogP contribution in [-0.2, 0) is 20.9 Å². The molecule has 0 bridgehead atoms. The number of morpholine rings is 1. The highest BCUT2D eigenvalue weighted by Crippen LogP contribution is 2.21. The molecule has 1 saturated heterocycles. The van der Waals surface area contributed by atoms with Crippen molar-refractivity contribution in [3.63, 3.8) is 0 Å². The zero-order chi connectivity index (χ0) is 16.4. The van der Waals surface area contributed by atoms with Crippen molar-refractivity contribution in [2.24, 2.45) is 0 Å². The quantitative estimate of drug-likeness (QED) is 0.927. The molecular weight excluding hydrogens is 320 g/mol. The summed E-state index contributed by atoms with van der Waals surface area (Å²) in [5.41, 5.74) is 0.883. The second-order valence-electron chi connectivity index (χ2n) is 5.56. The number of aromatic nitrogens is 1. The first kappa shape index (κ1) is 15.8. The van der Waals surface area contributed by atoms with Crippen molar-refractivity contribution in [3.8, 4) is 0 Å². The van der Waals surface area contributed by atoms with Gasteiger partial charge in [-0.1, -0.05) is 17.7 Å². The van der Waals surface area contributed by atoms with Crippen molar-refractivity contribution in [1.82, 2.24) is 9.47 Å². The number of ether oxygens (including phenoxy) is 1. The Kier molecular flexibility index (Phi) is 4.54. The zero-order valence-electron chi connectivity index (χ0n) is 12.4. The highest BCUT2D eigenvalue weighted by atomic mass is 35.5. The van der Waals surface area contributed by atoms with Crippen LogP contribution >= 0.6 is 11.6 Å². The average molecular weight is 337 g/mol. The molecule has 7 heteroatoms. The molecule has 2 heterocycles. The molecule has 1 aromatic carbocycles. The number of rotatable bonds is 4. The molecule has 1 aliphatic rings. The first-order valence-corrected chi connectivity index (χ1v) is 7.76. The van der Waals surface area contributed by atoms with E-state index in [0.29, 0.717) is 18.2 Å². The molecule has 0 radical (unpaired) electrons. The number of hydrogen-bond acceptors (Lipinski definition) is 3. The summed E-state index contributed by atoms with van der Waals surface area (Å²) in [6, 6.07) is 7.03. The van der Waals surface area contributed by atoms with Gasteiger partial charge in [-0.2, -0.15) is 0 Å². The summed E-state index contributed by atoms with van der Waals surface area (Å²) in [5, 5.41) is 10.6. The van der Waals surface area contributed by atoms with Crippen molar-refractivity contribution in [2.45, 2.75) is 19.0 Å². The fraction of sp³-hybridized carbons (Fsp3) is 0.375. The van der Waals surface area contributed by atoms with Crippen LogP contribution in [0, 0.1) is 0 Å². The molecule has 1 fully saturated rings. The highest BCUT2D eigenvalue weighted by molar-refractivity contribution is 6.31. The summed E-state index contributed by atoms with van der Waals surface area (Å²) in [6.07, 6.45) is 1.73. The van der Waals surface area contributed by atoms with Gasteiger partial charge in [-0.25, -0.2) is 0 Å². The van der Waals surface area contributed by atoms with Gasteiger partial charge in [-0.05, 0) is 23.6 Å². The van der Waals surface area contributed by atoms with Gasteiger partial charge in [0.25, 0.3) is 0 Å². The van der Waals surface area contributed by atoms with E-state index in [1.54, 1.807) is 11.0 Å². The van der Waals surface area contributed by atoms with E-state index in [1.165, 1.54) is 0 Å². The summed E-state index contributed by atoms with van der Waals surface area (Å²) in [5.74, 6) is -1.05. The first-order valence-electron chi connectivity index (χ1n) is 7.38. The molecule has 0 spiro atoms. The van der Waals surface area contributed by atoms with Crippen LogP contribution in [0.15, 0.2) is 30.5 Å². The van der Waals surface area contributed by atoms with Crippen LogP contribution in [0.1, 0.15) is 6.42 Å². The van der Waals surface area contributed by atoms with Gasteiger partial charge in [-0.3, -0.25) is 9.59 Å². The predicted molar refractivity (Wildman–Crippen MR) is 85.5 cm³/mol. The number of hydrogen-bond donors (Lipinski definition) is 1. The van der Waals surface area contributed by atoms with E-state index in [0.717, 1.165) is 10.9 Å². The van der Waals surface area contributed by atoms with Crippen LogP contribution in [0.3, 0.4) is 0 Å². The monoisotopic (exact) mass is 336 g/mol. The second-order valence-corrected chi connectivity index (χ2v) is 6.00. The number of aliphatic carboxylic acids is 1. The first-order chi connectivity index (χ1) is 11.0. The number of benzene rings is 1. The molecule has 0 aliphatic carbocycles. The van der Waals surface area contributed by atoms with E-state index in [2.05, 4.69) is 0 Å². The van der Waals surface area contributed by atoms with Crippen molar-refractivity contribution < 1.29 is 19.4 Å². The molecule has 6 nitrogen and oxygen atoms in total. The van der Waals surface area contributed by atoms with Gasteiger partial charge in [-0.15, -0.1) is 0 Å². The van der Waals surface area contributed by atoms with Crippen LogP contribution in [0.4, 0.5) is 0 Å². The van der Waals surface area contributed by atoms with Gasteiger partial charge in [0.15, 0.2) is 0 Å². The van der Waals surface area contributed by atoms with E-state index >= 15 is 0 Å². The molecule has 0 saturated carbocycles. The fourth-order valence-corrected chi connectivity index (χ4v) is 3.05. The van der Waals surface area contributed by atoms with Crippen LogP contribution in [0.25, 0.3) is 10.9 Å². The Morgan fingerprint density at radius 1 is 1.35 bits per heavy atom. The largest absolute Gasteiger partial charge is 0.481 e. The number of amides is 1. The molecule has 1 amide bonds. The van der Waals surface area contributed by atoms with Gasteiger partial charge >= 0.3 is 5.97 Å². The maximum atomic E-state index is 12.6. The average Bonchev–Trinajstić information content (AvgIpc) is 2.89. The minimum Gasteiger partial charge on any atom is -0.481 e.